The minimum atomic E-state index is -0.788. The standard InChI is InChI=1S/C14H11BrClFN2O/c15-12-7-9(17)4-5-11(12)13(14(18)20)19-10-3-1-2-8(16)6-10/h1-7,13,19H,(H2,18,20). The SMILES string of the molecule is NC(=O)C(Nc1cccc(Cl)c1)c1ccc(F)cc1Br. The summed E-state index contributed by atoms with van der Waals surface area (Å²) in [5.41, 5.74) is 6.62. The summed E-state index contributed by atoms with van der Waals surface area (Å²) in [6.07, 6.45) is 0. The number of carbonyl (C=O) groups is 1. The molecule has 0 heterocycles. The Morgan fingerprint density at radius 2 is 2.05 bits per heavy atom. The Bertz CT molecular complexity index is 651. The Hall–Kier alpha value is -1.59. The van der Waals surface area contributed by atoms with Gasteiger partial charge in [0.25, 0.3) is 0 Å². The van der Waals surface area contributed by atoms with Crippen molar-refractivity contribution in [2.75, 3.05) is 5.32 Å². The van der Waals surface area contributed by atoms with Gasteiger partial charge >= 0.3 is 0 Å². The van der Waals surface area contributed by atoms with Crippen molar-refractivity contribution in [1.29, 1.82) is 0 Å². The molecule has 0 aromatic heterocycles. The van der Waals surface area contributed by atoms with Crippen LogP contribution < -0.4 is 11.1 Å². The maximum atomic E-state index is 13.1. The third-order valence-corrected chi connectivity index (χ3v) is 3.62. The van der Waals surface area contributed by atoms with E-state index in [1.54, 1.807) is 24.3 Å². The molecule has 0 saturated heterocycles. The highest BCUT2D eigenvalue weighted by Gasteiger charge is 2.20. The summed E-state index contributed by atoms with van der Waals surface area (Å²) in [5.74, 6) is -0.969. The third-order valence-electron chi connectivity index (χ3n) is 2.69. The molecule has 3 N–H and O–H groups in total. The van der Waals surface area contributed by atoms with Gasteiger partial charge in [0.2, 0.25) is 5.91 Å². The van der Waals surface area contributed by atoms with E-state index in [1.165, 1.54) is 18.2 Å². The molecule has 0 fully saturated rings. The van der Waals surface area contributed by atoms with Crippen molar-refractivity contribution in [3.05, 3.63) is 63.3 Å². The average molecular weight is 358 g/mol. The van der Waals surface area contributed by atoms with Crippen LogP contribution in [0.5, 0.6) is 0 Å². The molecular formula is C14H11BrClFN2O. The predicted octanol–water partition coefficient (Wildman–Crippen LogP) is 3.88. The maximum Gasteiger partial charge on any atom is 0.244 e. The van der Waals surface area contributed by atoms with Crippen LogP contribution in [0, 0.1) is 5.82 Å². The van der Waals surface area contributed by atoms with Crippen LogP contribution in [-0.4, -0.2) is 5.91 Å². The zero-order valence-electron chi connectivity index (χ0n) is 10.2. The van der Waals surface area contributed by atoms with Gasteiger partial charge < -0.3 is 11.1 Å². The molecular weight excluding hydrogens is 347 g/mol. The number of nitrogens with one attached hydrogen (secondary N) is 1. The molecule has 0 aliphatic heterocycles. The lowest BCUT2D eigenvalue weighted by Crippen LogP contribution is -2.28. The zero-order valence-corrected chi connectivity index (χ0v) is 12.6. The predicted molar refractivity (Wildman–Crippen MR) is 81.1 cm³/mol. The molecule has 0 saturated carbocycles. The van der Waals surface area contributed by atoms with Crippen LogP contribution in [0.1, 0.15) is 11.6 Å². The monoisotopic (exact) mass is 356 g/mol. The lowest BCUT2D eigenvalue weighted by molar-refractivity contribution is -0.118. The van der Waals surface area contributed by atoms with Gasteiger partial charge in [0.15, 0.2) is 0 Å². The molecule has 0 aliphatic rings. The number of amides is 1. The number of halogens is 3. The molecule has 2 aromatic carbocycles. The Kier molecular flexibility index (Phi) is 4.62. The molecule has 2 rings (SSSR count). The first-order chi connectivity index (χ1) is 9.47. The van der Waals surface area contributed by atoms with Crippen molar-refractivity contribution in [2.24, 2.45) is 5.73 Å². The largest absolute Gasteiger partial charge is 0.370 e. The summed E-state index contributed by atoms with van der Waals surface area (Å²) >= 11 is 9.12. The fourth-order valence-corrected chi connectivity index (χ4v) is 2.55. The van der Waals surface area contributed by atoms with Gasteiger partial charge in [-0.1, -0.05) is 39.7 Å². The van der Waals surface area contributed by atoms with Crippen LogP contribution in [0.4, 0.5) is 10.1 Å². The van der Waals surface area contributed by atoms with Gasteiger partial charge in [-0.15, -0.1) is 0 Å². The minimum Gasteiger partial charge on any atom is -0.370 e. The Balaban J connectivity index is 2.34. The van der Waals surface area contributed by atoms with Crippen LogP contribution in [-0.2, 0) is 4.79 Å². The first kappa shape index (κ1) is 14.8. The van der Waals surface area contributed by atoms with Crippen molar-refractivity contribution in [3.63, 3.8) is 0 Å². The van der Waals surface area contributed by atoms with Gasteiger partial charge in [-0.05, 0) is 35.9 Å². The molecule has 2 aromatic rings. The van der Waals surface area contributed by atoms with Crippen molar-refractivity contribution in [1.82, 2.24) is 0 Å². The van der Waals surface area contributed by atoms with E-state index in [4.69, 9.17) is 17.3 Å². The van der Waals surface area contributed by atoms with E-state index in [0.717, 1.165) is 0 Å². The smallest absolute Gasteiger partial charge is 0.244 e. The molecule has 1 unspecified atom stereocenters. The summed E-state index contributed by atoms with van der Waals surface area (Å²) in [4.78, 5) is 11.6. The molecule has 0 bridgehead atoms. The molecule has 1 atom stereocenters. The summed E-state index contributed by atoms with van der Waals surface area (Å²) in [7, 11) is 0. The normalized spacial score (nSPS) is 11.9. The van der Waals surface area contributed by atoms with Crippen molar-refractivity contribution in [2.45, 2.75) is 6.04 Å². The number of carbonyl (C=O) groups excluding carboxylic acids is 1. The number of primary amides is 1. The fraction of sp³-hybridized carbons (Fsp3) is 0.0714. The molecule has 1 amide bonds. The lowest BCUT2D eigenvalue weighted by atomic mass is 10.1. The van der Waals surface area contributed by atoms with E-state index >= 15 is 0 Å². The van der Waals surface area contributed by atoms with Gasteiger partial charge in [0.1, 0.15) is 11.9 Å². The number of nitrogens with two attached hydrogens (primary N) is 1. The second-order valence-corrected chi connectivity index (χ2v) is 5.45. The van der Waals surface area contributed by atoms with Gasteiger partial charge in [0.05, 0.1) is 0 Å². The molecule has 0 radical (unpaired) electrons. The Morgan fingerprint density at radius 3 is 2.65 bits per heavy atom. The minimum absolute atomic E-state index is 0.397. The van der Waals surface area contributed by atoms with Crippen LogP contribution in [0.2, 0.25) is 5.02 Å². The number of benzene rings is 2. The first-order valence-electron chi connectivity index (χ1n) is 5.74. The van der Waals surface area contributed by atoms with Crippen molar-refractivity contribution < 1.29 is 9.18 Å². The Morgan fingerprint density at radius 1 is 1.30 bits per heavy atom. The van der Waals surface area contributed by atoms with E-state index in [-0.39, 0.29) is 0 Å². The molecule has 20 heavy (non-hydrogen) atoms. The highest BCUT2D eigenvalue weighted by atomic mass is 79.9. The van der Waals surface area contributed by atoms with E-state index in [9.17, 15) is 9.18 Å². The van der Waals surface area contributed by atoms with Gasteiger partial charge in [-0.2, -0.15) is 0 Å². The maximum absolute atomic E-state index is 13.1. The van der Waals surface area contributed by atoms with Crippen molar-refractivity contribution >= 4 is 39.1 Å². The van der Waals surface area contributed by atoms with Gasteiger partial charge in [-0.3, -0.25) is 4.79 Å². The van der Waals surface area contributed by atoms with E-state index < -0.39 is 17.8 Å². The quantitative estimate of drug-likeness (QED) is 0.872. The van der Waals surface area contributed by atoms with E-state index in [2.05, 4.69) is 21.2 Å². The van der Waals surface area contributed by atoms with E-state index in [1.807, 2.05) is 0 Å². The number of rotatable bonds is 4. The van der Waals surface area contributed by atoms with Crippen molar-refractivity contribution in [3.8, 4) is 0 Å². The summed E-state index contributed by atoms with van der Waals surface area (Å²) < 4.78 is 13.6. The highest BCUT2D eigenvalue weighted by molar-refractivity contribution is 9.10. The fourth-order valence-electron chi connectivity index (χ4n) is 1.78. The highest BCUT2D eigenvalue weighted by Crippen LogP contribution is 2.28. The van der Waals surface area contributed by atoms with Gasteiger partial charge in [0, 0.05) is 15.2 Å². The van der Waals surface area contributed by atoms with Crippen LogP contribution in [0.25, 0.3) is 0 Å². The summed E-state index contributed by atoms with van der Waals surface area (Å²) in [5, 5.41) is 3.52. The summed E-state index contributed by atoms with van der Waals surface area (Å²) in [6, 6.07) is 10.2. The molecule has 104 valence electrons. The third kappa shape index (κ3) is 3.49. The summed E-state index contributed by atoms with van der Waals surface area (Å²) in [6.45, 7) is 0. The van der Waals surface area contributed by atoms with Crippen LogP contribution in [0.3, 0.4) is 0 Å². The number of hydrogen-bond acceptors (Lipinski definition) is 2. The lowest BCUT2D eigenvalue weighted by Gasteiger charge is -2.18. The first-order valence-corrected chi connectivity index (χ1v) is 6.91. The second-order valence-electron chi connectivity index (χ2n) is 4.16. The zero-order chi connectivity index (χ0) is 14.7. The number of hydrogen-bond donors (Lipinski definition) is 2. The average Bonchev–Trinajstić information content (AvgIpc) is 2.36. The molecule has 3 nitrogen and oxygen atoms in total. The topological polar surface area (TPSA) is 55.1 Å². The van der Waals surface area contributed by atoms with Gasteiger partial charge in [-0.25, -0.2) is 4.39 Å². The second kappa shape index (κ2) is 6.24. The van der Waals surface area contributed by atoms with Crippen LogP contribution in [0.15, 0.2) is 46.9 Å². The molecule has 6 heteroatoms. The molecule has 0 spiro atoms. The molecule has 0 aliphatic carbocycles. The number of anilines is 1. The van der Waals surface area contributed by atoms with Crippen LogP contribution >= 0.6 is 27.5 Å². The Labute approximate surface area is 129 Å². The van der Waals surface area contributed by atoms with E-state index in [0.29, 0.717) is 20.7 Å².